The van der Waals surface area contributed by atoms with Gasteiger partial charge in [-0.2, -0.15) is 0 Å². The van der Waals surface area contributed by atoms with Crippen molar-refractivity contribution in [2.75, 3.05) is 6.79 Å². The third kappa shape index (κ3) is 3.89. The first-order valence-corrected chi connectivity index (χ1v) is 10.0. The molecule has 7 nitrogen and oxygen atoms in total. The molecular weight excluding hydrogens is 406 g/mol. The second-order valence-electron chi connectivity index (χ2n) is 7.12. The summed E-state index contributed by atoms with van der Waals surface area (Å²) in [5.41, 5.74) is 1.53. The van der Waals surface area contributed by atoms with Crippen LogP contribution in [0.15, 0.2) is 53.0 Å². The molecule has 0 saturated heterocycles. The van der Waals surface area contributed by atoms with Gasteiger partial charge < -0.3 is 18.8 Å². The van der Waals surface area contributed by atoms with E-state index in [0.29, 0.717) is 33.9 Å². The van der Waals surface area contributed by atoms with Crippen LogP contribution in [0.2, 0.25) is 5.02 Å². The average Bonchev–Trinajstić information content (AvgIpc) is 3.30. The van der Waals surface area contributed by atoms with E-state index in [-0.39, 0.29) is 25.3 Å². The Morgan fingerprint density at radius 3 is 2.80 bits per heavy atom. The summed E-state index contributed by atoms with van der Waals surface area (Å²) < 4.78 is 16.5. The minimum absolute atomic E-state index is 0.104. The van der Waals surface area contributed by atoms with Gasteiger partial charge in [-0.05, 0) is 48.7 Å². The molecule has 0 unspecified atom stereocenters. The Kier molecular flexibility index (Phi) is 4.88. The summed E-state index contributed by atoms with van der Waals surface area (Å²) >= 11 is 6.20. The van der Waals surface area contributed by atoms with Gasteiger partial charge in [0.15, 0.2) is 11.5 Å². The number of rotatable bonds is 6. The molecule has 152 valence electrons. The number of hydrogen-bond donors (Lipinski definition) is 0. The van der Waals surface area contributed by atoms with Crippen molar-refractivity contribution < 1.29 is 18.7 Å². The molecule has 2 heterocycles. The van der Waals surface area contributed by atoms with Gasteiger partial charge in [-0.15, -0.1) is 10.2 Å². The number of ether oxygens (including phenoxy) is 2. The topological polar surface area (TPSA) is 77.7 Å². The SMILES string of the molecule is O=C(/C=C\c1ccc2c(c1)OCO2)N(Cc1nnc(-c2ccccc2Cl)o1)C1CC1. The molecule has 0 N–H and O–H groups in total. The molecule has 8 heteroatoms. The number of carbonyl (C=O) groups excluding carboxylic acids is 1. The molecule has 1 amide bonds. The van der Waals surface area contributed by atoms with Crippen LogP contribution in [0.1, 0.15) is 24.3 Å². The Hall–Kier alpha value is -3.32. The lowest BCUT2D eigenvalue weighted by molar-refractivity contribution is -0.127. The average molecular weight is 424 g/mol. The summed E-state index contributed by atoms with van der Waals surface area (Å²) in [5.74, 6) is 2.01. The fourth-order valence-corrected chi connectivity index (χ4v) is 3.48. The zero-order valence-corrected chi connectivity index (χ0v) is 16.7. The molecule has 0 bridgehead atoms. The summed E-state index contributed by atoms with van der Waals surface area (Å²) in [7, 11) is 0. The van der Waals surface area contributed by atoms with Crippen molar-refractivity contribution in [2.24, 2.45) is 0 Å². The lowest BCUT2D eigenvalue weighted by Crippen LogP contribution is -2.31. The van der Waals surface area contributed by atoms with E-state index in [4.69, 9.17) is 25.5 Å². The van der Waals surface area contributed by atoms with Crippen LogP contribution in [0.25, 0.3) is 17.5 Å². The van der Waals surface area contributed by atoms with Crippen LogP contribution in [0.4, 0.5) is 0 Å². The molecule has 1 saturated carbocycles. The molecule has 1 aromatic heterocycles. The molecule has 0 spiro atoms. The Morgan fingerprint density at radius 1 is 1.13 bits per heavy atom. The highest BCUT2D eigenvalue weighted by atomic mass is 35.5. The van der Waals surface area contributed by atoms with Gasteiger partial charge in [-0.25, -0.2) is 0 Å². The Balaban J connectivity index is 1.30. The molecule has 1 aliphatic carbocycles. The minimum Gasteiger partial charge on any atom is -0.454 e. The number of benzene rings is 2. The van der Waals surface area contributed by atoms with E-state index in [1.807, 2.05) is 36.4 Å². The van der Waals surface area contributed by atoms with E-state index < -0.39 is 0 Å². The van der Waals surface area contributed by atoms with E-state index in [9.17, 15) is 4.79 Å². The highest BCUT2D eigenvalue weighted by molar-refractivity contribution is 6.33. The third-order valence-corrected chi connectivity index (χ3v) is 5.29. The fraction of sp³-hybridized carbons (Fsp3) is 0.227. The molecule has 0 radical (unpaired) electrons. The lowest BCUT2D eigenvalue weighted by atomic mass is 10.2. The van der Waals surface area contributed by atoms with E-state index >= 15 is 0 Å². The van der Waals surface area contributed by atoms with Crippen LogP contribution in [-0.2, 0) is 11.3 Å². The van der Waals surface area contributed by atoms with Crippen LogP contribution < -0.4 is 9.47 Å². The molecule has 2 aromatic carbocycles. The third-order valence-electron chi connectivity index (χ3n) is 4.96. The first kappa shape index (κ1) is 18.7. The van der Waals surface area contributed by atoms with E-state index in [1.54, 1.807) is 23.1 Å². The van der Waals surface area contributed by atoms with E-state index in [1.165, 1.54) is 0 Å². The second-order valence-corrected chi connectivity index (χ2v) is 7.53. The predicted octanol–water partition coefficient (Wildman–Crippen LogP) is 4.32. The highest BCUT2D eigenvalue weighted by Crippen LogP contribution is 2.33. The summed E-state index contributed by atoms with van der Waals surface area (Å²) in [4.78, 5) is 14.6. The number of hydrogen-bond acceptors (Lipinski definition) is 6. The van der Waals surface area contributed by atoms with Gasteiger partial charge in [0.05, 0.1) is 17.1 Å². The zero-order valence-electron chi connectivity index (χ0n) is 16.0. The summed E-state index contributed by atoms with van der Waals surface area (Å²) in [6.45, 7) is 0.476. The van der Waals surface area contributed by atoms with Gasteiger partial charge in [0.25, 0.3) is 0 Å². The monoisotopic (exact) mass is 423 g/mol. The normalized spacial score (nSPS) is 15.0. The lowest BCUT2D eigenvalue weighted by Gasteiger charge is -2.18. The van der Waals surface area contributed by atoms with Crippen LogP contribution in [0, 0.1) is 0 Å². The maximum atomic E-state index is 12.8. The minimum atomic E-state index is -0.104. The summed E-state index contributed by atoms with van der Waals surface area (Å²) in [6.07, 6.45) is 5.26. The highest BCUT2D eigenvalue weighted by Gasteiger charge is 2.33. The molecule has 0 atom stereocenters. The number of aromatic nitrogens is 2. The van der Waals surface area contributed by atoms with Crippen LogP contribution in [0.5, 0.6) is 11.5 Å². The summed E-state index contributed by atoms with van der Waals surface area (Å²) in [5, 5.41) is 8.72. The van der Waals surface area contributed by atoms with Gasteiger partial charge in [-0.1, -0.05) is 29.8 Å². The maximum Gasteiger partial charge on any atom is 0.249 e. The Morgan fingerprint density at radius 2 is 1.97 bits per heavy atom. The van der Waals surface area contributed by atoms with Crippen LogP contribution in [0.3, 0.4) is 0 Å². The van der Waals surface area contributed by atoms with Crippen molar-refractivity contribution in [3.8, 4) is 23.0 Å². The molecule has 2 aliphatic rings. The first-order chi connectivity index (χ1) is 14.7. The van der Waals surface area contributed by atoms with Crippen LogP contribution in [-0.4, -0.2) is 33.8 Å². The fourth-order valence-electron chi connectivity index (χ4n) is 3.26. The van der Waals surface area contributed by atoms with Crippen molar-refractivity contribution in [2.45, 2.75) is 25.4 Å². The van der Waals surface area contributed by atoms with Crippen molar-refractivity contribution in [3.63, 3.8) is 0 Å². The molecule has 5 rings (SSSR count). The predicted molar refractivity (Wildman–Crippen MR) is 110 cm³/mol. The van der Waals surface area contributed by atoms with Crippen molar-refractivity contribution in [1.82, 2.24) is 15.1 Å². The molecule has 3 aromatic rings. The van der Waals surface area contributed by atoms with Crippen molar-refractivity contribution in [3.05, 3.63) is 65.0 Å². The quantitative estimate of drug-likeness (QED) is 0.549. The Labute approximate surface area is 177 Å². The number of halogens is 1. The summed E-state index contributed by atoms with van der Waals surface area (Å²) in [6, 6.07) is 13.0. The van der Waals surface area contributed by atoms with E-state index in [0.717, 1.165) is 18.4 Å². The van der Waals surface area contributed by atoms with Gasteiger partial charge in [-0.3, -0.25) is 4.79 Å². The van der Waals surface area contributed by atoms with Gasteiger partial charge in [0.1, 0.15) is 0 Å². The molecular formula is C22H18ClN3O4. The van der Waals surface area contributed by atoms with Crippen LogP contribution >= 0.6 is 11.6 Å². The Bertz CT molecular complexity index is 1120. The molecule has 1 fully saturated rings. The standard InChI is InChI=1S/C22H18ClN3O4/c23-17-4-2-1-3-16(17)22-25-24-20(30-22)12-26(15-7-8-15)21(27)10-6-14-5-9-18-19(11-14)29-13-28-18/h1-6,9-11,15H,7-8,12-13H2/b10-6-. The van der Waals surface area contributed by atoms with E-state index in [2.05, 4.69) is 10.2 Å². The maximum absolute atomic E-state index is 12.8. The zero-order chi connectivity index (χ0) is 20.5. The smallest absolute Gasteiger partial charge is 0.249 e. The molecule has 30 heavy (non-hydrogen) atoms. The molecule has 1 aliphatic heterocycles. The number of amides is 1. The second kappa shape index (κ2) is 7.84. The van der Waals surface area contributed by atoms with Gasteiger partial charge in [0, 0.05) is 12.1 Å². The van der Waals surface area contributed by atoms with Gasteiger partial charge >= 0.3 is 0 Å². The van der Waals surface area contributed by atoms with Crippen molar-refractivity contribution in [1.29, 1.82) is 0 Å². The largest absolute Gasteiger partial charge is 0.454 e. The number of carbonyl (C=O) groups is 1. The number of fused-ring (bicyclic) bond motifs is 1. The van der Waals surface area contributed by atoms with Crippen molar-refractivity contribution >= 4 is 23.6 Å². The van der Waals surface area contributed by atoms with Gasteiger partial charge in [0.2, 0.25) is 24.5 Å². The first-order valence-electron chi connectivity index (χ1n) is 9.63. The number of nitrogens with zero attached hydrogens (tertiary/aromatic N) is 3.